The molecule has 0 bridgehead atoms. The van der Waals surface area contributed by atoms with Crippen LogP contribution in [0.4, 0.5) is 0 Å². The number of aromatic nitrogens is 1. The standard InChI is InChI=1S/C12H14Br2N2O/c1-12(2,8-3-4-8)16-11(17)7-5-9(13)15-10(14)6-7/h5-6,8H,3-4H2,1-2H3,(H,16,17). The molecule has 1 amide bonds. The van der Waals surface area contributed by atoms with Gasteiger partial charge in [-0.15, -0.1) is 0 Å². The summed E-state index contributed by atoms with van der Waals surface area (Å²) in [6.45, 7) is 4.15. The van der Waals surface area contributed by atoms with Gasteiger partial charge in [0.15, 0.2) is 0 Å². The van der Waals surface area contributed by atoms with Crippen LogP contribution in [0.5, 0.6) is 0 Å². The molecule has 1 aromatic rings. The Morgan fingerprint density at radius 2 is 1.88 bits per heavy atom. The van der Waals surface area contributed by atoms with Crippen LogP contribution in [0, 0.1) is 5.92 Å². The van der Waals surface area contributed by atoms with Crippen LogP contribution >= 0.6 is 31.9 Å². The summed E-state index contributed by atoms with van der Waals surface area (Å²) in [5, 5.41) is 3.08. The van der Waals surface area contributed by atoms with Gasteiger partial charge in [0.2, 0.25) is 0 Å². The van der Waals surface area contributed by atoms with Crippen molar-refractivity contribution in [1.29, 1.82) is 0 Å². The van der Waals surface area contributed by atoms with Crippen LogP contribution in [0.25, 0.3) is 0 Å². The van der Waals surface area contributed by atoms with Crippen molar-refractivity contribution in [3.8, 4) is 0 Å². The fourth-order valence-electron chi connectivity index (χ4n) is 1.87. The van der Waals surface area contributed by atoms with Gasteiger partial charge in [-0.2, -0.15) is 0 Å². The topological polar surface area (TPSA) is 42.0 Å². The van der Waals surface area contributed by atoms with Gasteiger partial charge in [-0.05, 0) is 76.6 Å². The zero-order valence-electron chi connectivity index (χ0n) is 9.76. The number of nitrogens with one attached hydrogen (secondary N) is 1. The molecule has 0 aliphatic heterocycles. The molecule has 1 heterocycles. The number of nitrogens with zero attached hydrogens (tertiary/aromatic N) is 1. The molecule has 1 N–H and O–H groups in total. The molecule has 1 aromatic heterocycles. The van der Waals surface area contributed by atoms with E-state index >= 15 is 0 Å². The normalized spacial score (nSPS) is 15.8. The van der Waals surface area contributed by atoms with Crippen molar-refractivity contribution in [3.05, 3.63) is 26.9 Å². The minimum Gasteiger partial charge on any atom is -0.347 e. The van der Waals surface area contributed by atoms with Gasteiger partial charge in [0.05, 0.1) is 0 Å². The Morgan fingerprint density at radius 1 is 1.35 bits per heavy atom. The molecule has 17 heavy (non-hydrogen) atoms. The lowest BCUT2D eigenvalue weighted by molar-refractivity contribution is 0.0903. The van der Waals surface area contributed by atoms with Gasteiger partial charge in [0.1, 0.15) is 9.21 Å². The first kappa shape index (κ1) is 13.0. The fraction of sp³-hybridized carbons (Fsp3) is 0.500. The molecule has 5 heteroatoms. The van der Waals surface area contributed by atoms with Crippen molar-refractivity contribution in [2.45, 2.75) is 32.2 Å². The maximum Gasteiger partial charge on any atom is 0.251 e. The van der Waals surface area contributed by atoms with E-state index in [1.807, 2.05) is 0 Å². The van der Waals surface area contributed by atoms with E-state index in [4.69, 9.17) is 0 Å². The van der Waals surface area contributed by atoms with Gasteiger partial charge in [-0.1, -0.05) is 0 Å². The van der Waals surface area contributed by atoms with Gasteiger partial charge in [0.25, 0.3) is 5.91 Å². The second-order valence-electron chi connectivity index (χ2n) is 4.95. The van der Waals surface area contributed by atoms with Gasteiger partial charge in [-0.25, -0.2) is 4.98 Å². The molecule has 1 saturated carbocycles. The Balaban J connectivity index is 2.14. The van der Waals surface area contributed by atoms with Crippen LogP contribution in [0.3, 0.4) is 0 Å². The van der Waals surface area contributed by atoms with Crippen LogP contribution in [-0.2, 0) is 0 Å². The van der Waals surface area contributed by atoms with E-state index in [0.717, 1.165) is 0 Å². The minimum atomic E-state index is -0.126. The number of amides is 1. The van der Waals surface area contributed by atoms with E-state index in [0.29, 0.717) is 20.7 Å². The van der Waals surface area contributed by atoms with Crippen LogP contribution in [-0.4, -0.2) is 16.4 Å². The Bertz CT molecular complexity index is 436. The Hall–Kier alpha value is -0.420. The molecule has 1 aliphatic rings. The highest BCUT2D eigenvalue weighted by atomic mass is 79.9. The summed E-state index contributed by atoms with van der Waals surface area (Å²) in [5.74, 6) is 0.561. The van der Waals surface area contributed by atoms with Crippen molar-refractivity contribution in [3.63, 3.8) is 0 Å². The number of hydrogen-bond donors (Lipinski definition) is 1. The average Bonchev–Trinajstić information content (AvgIpc) is 2.98. The predicted octanol–water partition coefficient (Wildman–Crippen LogP) is 3.53. The van der Waals surface area contributed by atoms with Crippen LogP contribution < -0.4 is 5.32 Å². The molecule has 0 aromatic carbocycles. The highest BCUT2D eigenvalue weighted by Crippen LogP contribution is 2.39. The zero-order chi connectivity index (χ0) is 12.6. The van der Waals surface area contributed by atoms with E-state index < -0.39 is 0 Å². The highest BCUT2D eigenvalue weighted by Gasteiger charge is 2.38. The summed E-state index contributed by atoms with van der Waals surface area (Å²) < 4.78 is 1.31. The molecule has 0 radical (unpaired) electrons. The lowest BCUT2D eigenvalue weighted by atomic mass is 9.98. The molecule has 0 spiro atoms. The first-order chi connectivity index (χ1) is 7.88. The van der Waals surface area contributed by atoms with Crippen LogP contribution in [0.2, 0.25) is 0 Å². The van der Waals surface area contributed by atoms with Crippen LogP contribution in [0.15, 0.2) is 21.3 Å². The Morgan fingerprint density at radius 3 is 2.35 bits per heavy atom. The number of carbonyl (C=O) groups excluding carboxylic acids is 1. The second-order valence-corrected chi connectivity index (χ2v) is 6.58. The van der Waals surface area contributed by atoms with Crippen molar-refractivity contribution in [2.24, 2.45) is 5.92 Å². The molecular weight excluding hydrogens is 348 g/mol. The Labute approximate surface area is 118 Å². The smallest absolute Gasteiger partial charge is 0.251 e. The van der Waals surface area contributed by atoms with E-state index in [9.17, 15) is 4.79 Å². The van der Waals surface area contributed by atoms with Crippen LogP contribution in [0.1, 0.15) is 37.0 Å². The number of carbonyl (C=O) groups is 1. The quantitative estimate of drug-likeness (QED) is 0.837. The maximum atomic E-state index is 12.1. The first-order valence-electron chi connectivity index (χ1n) is 5.54. The van der Waals surface area contributed by atoms with Gasteiger partial charge >= 0.3 is 0 Å². The fourth-order valence-corrected chi connectivity index (χ4v) is 2.98. The number of pyridine rings is 1. The van der Waals surface area contributed by atoms with Crippen molar-refractivity contribution in [1.82, 2.24) is 10.3 Å². The van der Waals surface area contributed by atoms with Gasteiger partial charge < -0.3 is 5.32 Å². The summed E-state index contributed by atoms with van der Waals surface area (Å²) in [6.07, 6.45) is 2.41. The summed E-state index contributed by atoms with van der Waals surface area (Å²) in [7, 11) is 0. The van der Waals surface area contributed by atoms with Gasteiger partial charge in [-0.3, -0.25) is 4.79 Å². The van der Waals surface area contributed by atoms with Gasteiger partial charge in [0, 0.05) is 11.1 Å². The largest absolute Gasteiger partial charge is 0.347 e. The van der Waals surface area contributed by atoms with Crippen molar-refractivity contribution >= 4 is 37.8 Å². The molecule has 0 unspecified atom stereocenters. The van der Waals surface area contributed by atoms with Crippen molar-refractivity contribution < 1.29 is 4.79 Å². The SMILES string of the molecule is CC(C)(NC(=O)c1cc(Br)nc(Br)c1)C1CC1. The molecule has 1 fully saturated rings. The molecule has 2 rings (SSSR count). The molecule has 92 valence electrons. The molecule has 0 saturated heterocycles. The summed E-state index contributed by atoms with van der Waals surface area (Å²) in [5.41, 5.74) is 0.492. The highest BCUT2D eigenvalue weighted by molar-refractivity contribution is 9.11. The lowest BCUT2D eigenvalue weighted by Gasteiger charge is -2.26. The predicted molar refractivity (Wildman–Crippen MR) is 73.9 cm³/mol. The summed E-state index contributed by atoms with van der Waals surface area (Å²) in [4.78, 5) is 16.2. The lowest BCUT2D eigenvalue weighted by Crippen LogP contribution is -2.45. The minimum absolute atomic E-state index is 0.0503. The van der Waals surface area contributed by atoms with E-state index in [-0.39, 0.29) is 11.4 Å². The summed E-state index contributed by atoms with van der Waals surface area (Å²) in [6, 6.07) is 3.45. The third-order valence-corrected chi connectivity index (χ3v) is 3.87. The Kier molecular flexibility index (Phi) is 3.59. The molecule has 1 aliphatic carbocycles. The molecule has 3 nitrogen and oxygen atoms in total. The second kappa shape index (κ2) is 4.69. The maximum absolute atomic E-state index is 12.1. The first-order valence-corrected chi connectivity index (χ1v) is 7.13. The molecular formula is C12H14Br2N2O. The number of hydrogen-bond acceptors (Lipinski definition) is 2. The van der Waals surface area contributed by atoms with E-state index in [1.165, 1.54) is 12.8 Å². The van der Waals surface area contributed by atoms with E-state index in [2.05, 4.69) is 56.0 Å². The average molecular weight is 362 g/mol. The van der Waals surface area contributed by atoms with Crippen molar-refractivity contribution in [2.75, 3.05) is 0 Å². The monoisotopic (exact) mass is 360 g/mol. The number of rotatable bonds is 3. The molecule has 0 atom stereocenters. The summed E-state index contributed by atoms with van der Waals surface area (Å²) >= 11 is 6.56. The third-order valence-electron chi connectivity index (χ3n) is 3.06. The number of halogens is 2. The third kappa shape index (κ3) is 3.28. The van der Waals surface area contributed by atoms with E-state index in [1.54, 1.807) is 12.1 Å². The zero-order valence-corrected chi connectivity index (χ0v) is 12.9.